The number of likely N-dealkylation sites (tertiary alicyclic amines) is 2. The fourth-order valence-electron chi connectivity index (χ4n) is 4.87. The van der Waals surface area contributed by atoms with Crippen LogP contribution in [0.5, 0.6) is 0 Å². The highest BCUT2D eigenvalue weighted by molar-refractivity contribution is 5.15. The molecule has 3 aliphatic rings. The van der Waals surface area contributed by atoms with Crippen molar-refractivity contribution in [2.75, 3.05) is 26.2 Å². The number of hydrogen-bond acceptors (Lipinski definition) is 4. The zero-order chi connectivity index (χ0) is 17.1. The molecule has 1 aliphatic carbocycles. The summed E-state index contributed by atoms with van der Waals surface area (Å²) in [6.45, 7) is 4.57. The lowest BCUT2D eigenvalue weighted by molar-refractivity contribution is -0.0380. The smallest absolute Gasteiger partial charge is 0.0900 e. The van der Waals surface area contributed by atoms with Crippen LogP contribution in [0.25, 0.3) is 0 Å². The summed E-state index contributed by atoms with van der Waals surface area (Å²) in [4.78, 5) is 5.10. The van der Waals surface area contributed by atoms with Crippen molar-refractivity contribution in [1.29, 1.82) is 0 Å². The summed E-state index contributed by atoms with van der Waals surface area (Å²) >= 11 is 0. The first-order valence-corrected chi connectivity index (χ1v) is 10.1. The first kappa shape index (κ1) is 17.5. The number of piperazine rings is 1. The van der Waals surface area contributed by atoms with Crippen molar-refractivity contribution in [2.24, 2.45) is 0 Å². The molecule has 4 rings (SSSR count). The number of benzene rings is 1. The van der Waals surface area contributed by atoms with Crippen LogP contribution in [0.3, 0.4) is 0 Å². The largest absolute Gasteiger partial charge is 0.389 e. The SMILES string of the molecule is O[C@@H](COC1CCCCC1)CN1C[C@@H]2C[C@H]1CN2Cc1ccccc1. The van der Waals surface area contributed by atoms with Crippen LogP contribution in [0.2, 0.25) is 0 Å². The van der Waals surface area contributed by atoms with E-state index in [4.69, 9.17) is 4.74 Å². The zero-order valence-corrected chi connectivity index (χ0v) is 15.2. The second-order valence-corrected chi connectivity index (χ2v) is 8.16. The van der Waals surface area contributed by atoms with Gasteiger partial charge in [-0.05, 0) is 24.8 Å². The van der Waals surface area contributed by atoms with Gasteiger partial charge in [-0.1, -0.05) is 49.6 Å². The lowest BCUT2D eigenvalue weighted by Gasteiger charge is -2.35. The standard InChI is InChI=1S/C21H32N2O2/c24-20(16-25-21-9-5-2-6-10-21)15-23-14-18-11-19(23)13-22(18)12-17-7-3-1-4-8-17/h1,3-4,7-8,18-21,24H,2,5-6,9-16H2/t18-,19-,20+/m0/s1. The number of nitrogens with zero attached hydrogens (tertiary/aromatic N) is 2. The van der Waals surface area contributed by atoms with E-state index in [1.807, 2.05) is 0 Å². The third kappa shape index (κ3) is 4.43. The fraction of sp³-hybridized carbons (Fsp3) is 0.714. The molecule has 2 bridgehead atoms. The molecule has 4 heteroatoms. The van der Waals surface area contributed by atoms with E-state index in [2.05, 4.69) is 40.1 Å². The molecular weight excluding hydrogens is 312 g/mol. The molecule has 0 spiro atoms. The second kappa shape index (κ2) is 8.17. The Balaban J connectivity index is 1.19. The Kier molecular flexibility index (Phi) is 5.71. The molecule has 138 valence electrons. The highest BCUT2D eigenvalue weighted by Gasteiger charge is 2.43. The van der Waals surface area contributed by atoms with E-state index in [-0.39, 0.29) is 6.10 Å². The summed E-state index contributed by atoms with van der Waals surface area (Å²) in [5.74, 6) is 0. The maximum absolute atomic E-state index is 10.4. The van der Waals surface area contributed by atoms with Gasteiger partial charge in [0.1, 0.15) is 0 Å². The molecule has 1 saturated carbocycles. The summed E-state index contributed by atoms with van der Waals surface area (Å²) < 4.78 is 5.95. The molecule has 3 fully saturated rings. The maximum atomic E-state index is 10.4. The van der Waals surface area contributed by atoms with Gasteiger partial charge < -0.3 is 9.84 Å². The van der Waals surface area contributed by atoms with Gasteiger partial charge in [0, 0.05) is 38.3 Å². The Morgan fingerprint density at radius 3 is 2.44 bits per heavy atom. The van der Waals surface area contributed by atoms with E-state index < -0.39 is 0 Å². The predicted octanol–water partition coefficient (Wildman–Crippen LogP) is 2.66. The molecule has 0 amide bonds. The van der Waals surface area contributed by atoms with Crippen molar-refractivity contribution in [3.8, 4) is 0 Å². The molecular formula is C21H32N2O2. The van der Waals surface area contributed by atoms with Crippen LogP contribution < -0.4 is 0 Å². The third-order valence-electron chi connectivity index (χ3n) is 6.22. The average molecular weight is 344 g/mol. The van der Waals surface area contributed by atoms with E-state index in [0.29, 0.717) is 24.8 Å². The number of ether oxygens (including phenoxy) is 1. The van der Waals surface area contributed by atoms with Gasteiger partial charge in [-0.25, -0.2) is 0 Å². The number of hydrogen-bond donors (Lipinski definition) is 1. The third-order valence-corrected chi connectivity index (χ3v) is 6.22. The Bertz CT molecular complexity index is 532. The monoisotopic (exact) mass is 344 g/mol. The van der Waals surface area contributed by atoms with Crippen molar-refractivity contribution in [2.45, 2.75) is 69.4 Å². The van der Waals surface area contributed by atoms with Crippen LogP contribution in [0.4, 0.5) is 0 Å². The normalized spacial score (nSPS) is 29.3. The molecule has 0 radical (unpaired) electrons. The highest BCUT2D eigenvalue weighted by atomic mass is 16.5. The van der Waals surface area contributed by atoms with E-state index >= 15 is 0 Å². The van der Waals surface area contributed by atoms with Gasteiger partial charge in [0.05, 0.1) is 18.8 Å². The zero-order valence-electron chi connectivity index (χ0n) is 15.2. The quantitative estimate of drug-likeness (QED) is 0.825. The molecule has 2 heterocycles. The van der Waals surface area contributed by atoms with Gasteiger partial charge in [0.25, 0.3) is 0 Å². The summed E-state index contributed by atoms with van der Waals surface area (Å²) in [6.07, 6.45) is 7.57. The van der Waals surface area contributed by atoms with Crippen molar-refractivity contribution < 1.29 is 9.84 Å². The molecule has 2 saturated heterocycles. The van der Waals surface area contributed by atoms with Gasteiger partial charge in [0.15, 0.2) is 0 Å². The van der Waals surface area contributed by atoms with Gasteiger partial charge in [-0.15, -0.1) is 0 Å². The van der Waals surface area contributed by atoms with E-state index in [9.17, 15) is 5.11 Å². The number of fused-ring (bicyclic) bond motifs is 2. The molecule has 2 aliphatic heterocycles. The van der Waals surface area contributed by atoms with E-state index in [0.717, 1.165) is 26.2 Å². The van der Waals surface area contributed by atoms with Gasteiger partial charge in [-0.3, -0.25) is 9.80 Å². The Hall–Kier alpha value is -0.940. The predicted molar refractivity (Wildman–Crippen MR) is 99.4 cm³/mol. The molecule has 1 aromatic carbocycles. The van der Waals surface area contributed by atoms with Crippen molar-refractivity contribution >= 4 is 0 Å². The Morgan fingerprint density at radius 2 is 1.72 bits per heavy atom. The molecule has 1 aromatic rings. The van der Waals surface area contributed by atoms with Crippen molar-refractivity contribution in [3.05, 3.63) is 35.9 Å². The molecule has 4 nitrogen and oxygen atoms in total. The van der Waals surface area contributed by atoms with Gasteiger partial charge >= 0.3 is 0 Å². The fourth-order valence-corrected chi connectivity index (χ4v) is 4.87. The van der Waals surface area contributed by atoms with Crippen LogP contribution >= 0.6 is 0 Å². The second-order valence-electron chi connectivity index (χ2n) is 8.16. The summed E-state index contributed by atoms with van der Waals surface area (Å²) in [5, 5.41) is 10.4. The Labute approximate surface area is 151 Å². The summed E-state index contributed by atoms with van der Waals surface area (Å²) in [5.41, 5.74) is 1.41. The van der Waals surface area contributed by atoms with Gasteiger partial charge in [-0.2, -0.15) is 0 Å². The molecule has 3 atom stereocenters. The minimum absolute atomic E-state index is 0.344. The number of aliphatic hydroxyl groups is 1. The molecule has 1 N–H and O–H groups in total. The summed E-state index contributed by atoms with van der Waals surface area (Å²) in [7, 11) is 0. The summed E-state index contributed by atoms with van der Waals surface area (Å²) in [6, 6.07) is 12.0. The lowest BCUT2D eigenvalue weighted by atomic mass is 9.98. The van der Waals surface area contributed by atoms with Crippen LogP contribution in [-0.2, 0) is 11.3 Å². The first-order valence-electron chi connectivity index (χ1n) is 10.1. The van der Waals surface area contributed by atoms with Crippen LogP contribution in [0.1, 0.15) is 44.1 Å². The lowest BCUT2D eigenvalue weighted by Crippen LogP contribution is -2.48. The molecule has 25 heavy (non-hydrogen) atoms. The van der Waals surface area contributed by atoms with Crippen LogP contribution in [0, 0.1) is 0 Å². The number of rotatable bonds is 7. The van der Waals surface area contributed by atoms with Crippen LogP contribution in [-0.4, -0.2) is 65.4 Å². The topological polar surface area (TPSA) is 35.9 Å². The van der Waals surface area contributed by atoms with E-state index in [1.54, 1.807) is 0 Å². The van der Waals surface area contributed by atoms with Gasteiger partial charge in [0.2, 0.25) is 0 Å². The van der Waals surface area contributed by atoms with Crippen LogP contribution in [0.15, 0.2) is 30.3 Å². The number of β-amino-alcohol motifs (C(OH)–C–C–N with tert-alkyl or cyclic N) is 1. The molecule has 0 aromatic heterocycles. The highest BCUT2D eigenvalue weighted by Crippen LogP contribution is 2.32. The maximum Gasteiger partial charge on any atom is 0.0900 e. The van der Waals surface area contributed by atoms with Crippen molar-refractivity contribution in [3.63, 3.8) is 0 Å². The minimum atomic E-state index is -0.344. The van der Waals surface area contributed by atoms with Crippen molar-refractivity contribution in [1.82, 2.24) is 9.80 Å². The van der Waals surface area contributed by atoms with E-state index in [1.165, 1.54) is 44.1 Å². The Morgan fingerprint density at radius 1 is 1.00 bits per heavy atom. The number of aliphatic hydroxyl groups excluding tert-OH is 1. The minimum Gasteiger partial charge on any atom is -0.389 e. The first-order chi connectivity index (χ1) is 12.3. The average Bonchev–Trinajstić information content (AvgIpc) is 3.22. The molecule has 0 unspecified atom stereocenters.